The smallest absolute Gasteiger partial charge is 0.0434 e. The molecule has 0 aromatic rings. The summed E-state index contributed by atoms with van der Waals surface area (Å²) in [4.78, 5) is 2.61. The molecule has 1 unspecified atom stereocenters. The summed E-state index contributed by atoms with van der Waals surface area (Å²) in [6, 6.07) is 0. The normalized spacial score (nSPS) is 30.0. The van der Waals surface area contributed by atoms with Crippen molar-refractivity contribution in [1.29, 1.82) is 0 Å². The quantitative estimate of drug-likeness (QED) is 0.723. The van der Waals surface area contributed by atoms with E-state index in [1.165, 1.54) is 51.7 Å². The van der Waals surface area contributed by atoms with Gasteiger partial charge in [0.2, 0.25) is 0 Å². The van der Waals surface area contributed by atoms with E-state index in [0.29, 0.717) is 12.0 Å². The van der Waals surface area contributed by atoms with Gasteiger partial charge in [-0.3, -0.25) is 0 Å². The van der Waals surface area contributed by atoms with Gasteiger partial charge in [0.25, 0.3) is 0 Å². The molecule has 1 aliphatic carbocycles. The van der Waals surface area contributed by atoms with Crippen molar-refractivity contribution in [2.75, 3.05) is 32.0 Å². The van der Waals surface area contributed by atoms with Crippen molar-refractivity contribution in [3.63, 3.8) is 0 Å². The summed E-state index contributed by atoms with van der Waals surface area (Å²) >= 11 is 4.57. The van der Waals surface area contributed by atoms with Gasteiger partial charge in [-0.25, -0.2) is 0 Å². The third-order valence-corrected chi connectivity index (χ3v) is 5.14. The Kier molecular flexibility index (Phi) is 4.57. The molecular weight excluding hydrogens is 218 g/mol. The van der Waals surface area contributed by atoms with Crippen molar-refractivity contribution in [1.82, 2.24) is 4.90 Å². The Bertz CT molecular complexity index is 216. The molecule has 1 atom stereocenters. The lowest BCUT2D eigenvalue weighted by Gasteiger charge is -2.32. The molecule has 0 aromatic heterocycles. The number of nitrogens with zero attached hydrogens (tertiary/aromatic N) is 1. The van der Waals surface area contributed by atoms with Crippen molar-refractivity contribution < 1.29 is 5.11 Å². The van der Waals surface area contributed by atoms with Crippen LogP contribution in [0.4, 0.5) is 0 Å². The van der Waals surface area contributed by atoms with Crippen LogP contribution >= 0.6 is 12.6 Å². The molecule has 0 spiro atoms. The minimum Gasteiger partial charge on any atom is -0.396 e. The molecule has 2 nitrogen and oxygen atoms in total. The number of hydrogen-bond donors (Lipinski definition) is 2. The lowest BCUT2D eigenvalue weighted by Crippen LogP contribution is -2.36. The summed E-state index contributed by atoms with van der Waals surface area (Å²) in [5, 5.41) is 8.96. The largest absolute Gasteiger partial charge is 0.396 e. The van der Waals surface area contributed by atoms with Gasteiger partial charge in [0.05, 0.1) is 0 Å². The minimum absolute atomic E-state index is 0.357. The zero-order valence-corrected chi connectivity index (χ0v) is 11.1. The van der Waals surface area contributed by atoms with E-state index in [9.17, 15) is 0 Å². The predicted octanol–water partition coefficient (Wildman–Crippen LogP) is 2.18. The Morgan fingerprint density at radius 3 is 2.69 bits per heavy atom. The molecule has 3 heteroatoms. The fraction of sp³-hybridized carbons (Fsp3) is 1.00. The van der Waals surface area contributed by atoms with E-state index in [-0.39, 0.29) is 0 Å². The first-order valence-electron chi connectivity index (χ1n) is 6.72. The van der Waals surface area contributed by atoms with Crippen molar-refractivity contribution in [2.45, 2.75) is 38.5 Å². The van der Waals surface area contributed by atoms with Crippen LogP contribution < -0.4 is 0 Å². The predicted molar refractivity (Wildman–Crippen MR) is 71.0 cm³/mol. The first-order chi connectivity index (χ1) is 7.78. The van der Waals surface area contributed by atoms with Crippen molar-refractivity contribution in [3.05, 3.63) is 0 Å². The van der Waals surface area contributed by atoms with E-state index in [1.807, 2.05) is 0 Å². The second-order valence-electron chi connectivity index (χ2n) is 5.77. The van der Waals surface area contributed by atoms with Gasteiger partial charge in [0.1, 0.15) is 0 Å². The first kappa shape index (κ1) is 12.7. The van der Waals surface area contributed by atoms with Crippen LogP contribution in [0.25, 0.3) is 0 Å². The molecule has 0 radical (unpaired) electrons. The topological polar surface area (TPSA) is 23.5 Å². The third-order valence-electron chi connectivity index (χ3n) is 4.47. The first-order valence-corrected chi connectivity index (χ1v) is 7.35. The molecule has 2 fully saturated rings. The highest BCUT2D eigenvalue weighted by Gasteiger charge is 2.36. The fourth-order valence-electron chi connectivity index (χ4n) is 3.44. The molecule has 16 heavy (non-hydrogen) atoms. The Balaban J connectivity index is 1.81. The van der Waals surface area contributed by atoms with Crippen LogP contribution in [-0.2, 0) is 0 Å². The number of rotatable bonds is 5. The molecule has 1 saturated carbocycles. The van der Waals surface area contributed by atoms with Crippen molar-refractivity contribution in [2.24, 2.45) is 11.3 Å². The minimum atomic E-state index is 0.357. The van der Waals surface area contributed by atoms with Crippen molar-refractivity contribution in [3.8, 4) is 0 Å². The maximum atomic E-state index is 8.96. The summed E-state index contributed by atoms with van der Waals surface area (Å²) < 4.78 is 0. The van der Waals surface area contributed by atoms with E-state index >= 15 is 0 Å². The van der Waals surface area contributed by atoms with Crippen LogP contribution in [0.3, 0.4) is 0 Å². The van der Waals surface area contributed by atoms with Gasteiger partial charge in [0, 0.05) is 19.7 Å². The highest BCUT2D eigenvalue weighted by molar-refractivity contribution is 7.80. The molecule has 1 heterocycles. The van der Waals surface area contributed by atoms with E-state index in [4.69, 9.17) is 5.11 Å². The van der Waals surface area contributed by atoms with Gasteiger partial charge < -0.3 is 10.0 Å². The molecule has 0 amide bonds. The molecule has 0 aromatic carbocycles. The van der Waals surface area contributed by atoms with Crippen LogP contribution in [0.2, 0.25) is 0 Å². The van der Waals surface area contributed by atoms with Gasteiger partial charge in [-0.2, -0.15) is 12.6 Å². The maximum absolute atomic E-state index is 8.96. The number of likely N-dealkylation sites (tertiary alicyclic amines) is 1. The Morgan fingerprint density at radius 1 is 1.31 bits per heavy atom. The lowest BCUT2D eigenvalue weighted by atomic mass is 9.88. The van der Waals surface area contributed by atoms with Crippen LogP contribution in [0, 0.1) is 11.3 Å². The number of aliphatic hydroxyl groups is 1. The summed E-state index contributed by atoms with van der Waals surface area (Å²) in [5.74, 6) is 1.79. The second-order valence-corrected chi connectivity index (χ2v) is 6.08. The number of thiol groups is 1. The summed E-state index contributed by atoms with van der Waals surface area (Å²) in [5.41, 5.74) is 0.511. The lowest BCUT2D eigenvalue weighted by molar-refractivity contribution is 0.190. The van der Waals surface area contributed by atoms with Gasteiger partial charge in [-0.1, -0.05) is 12.8 Å². The Labute approximate surface area is 105 Å². The zero-order chi connectivity index (χ0) is 11.4. The Morgan fingerprint density at radius 2 is 2.06 bits per heavy atom. The number of hydrogen-bond acceptors (Lipinski definition) is 3. The molecule has 1 aliphatic heterocycles. The van der Waals surface area contributed by atoms with E-state index in [1.54, 1.807) is 0 Å². The molecule has 1 saturated heterocycles. The van der Waals surface area contributed by atoms with Crippen LogP contribution in [0.1, 0.15) is 38.5 Å². The molecule has 0 bridgehead atoms. The molecule has 2 rings (SSSR count). The van der Waals surface area contributed by atoms with Gasteiger partial charge in [0.15, 0.2) is 0 Å². The number of aliphatic hydroxyl groups excluding tert-OH is 1. The van der Waals surface area contributed by atoms with Crippen LogP contribution in [-0.4, -0.2) is 42.0 Å². The Hall–Kier alpha value is 0.270. The monoisotopic (exact) mass is 243 g/mol. The average Bonchev–Trinajstić information content (AvgIpc) is 2.90. The molecular formula is C13H25NOS. The molecule has 94 valence electrons. The highest BCUT2D eigenvalue weighted by atomic mass is 32.1. The van der Waals surface area contributed by atoms with Gasteiger partial charge in [-0.05, 0) is 49.3 Å². The highest BCUT2D eigenvalue weighted by Crippen LogP contribution is 2.40. The SMILES string of the molecule is OCCC1CCN(CC2(CS)CCCC2)C1. The van der Waals surface area contributed by atoms with E-state index in [2.05, 4.69) is 17.5 Å². The van der Waals surface area contributed by atoms with Crippen LogP contribution in [0.15, 0.2) is 0 Å². The fourth-order valence-corrected chi connectivity index (χ4v) is 3.86. The summed E-state index contributed by atoms with van der Waals surface area (Å²) in [6.45, 7) is 4.05. The summed E-state index contributed by atoms with van der Waals surface area (Å²) in [6.07, 6.45) is 7.81. The zero-order valence-electron chi connectivity index (χ0n) is 10.2. The third kappa shape index (κ3) is 2.93. The average molecular weight is 243 g/mol. The molecule has 2 aliphatic rings. The van der Waals surface area contributed by atoms with E-state index < -0.39 is 0 Å². The summed E-state index contributed by atoms with van der Waals surface area (Å²) in [7, 11) is 0. The second kappa shape index (κ2) is 5.74. The van der Waals surface area contributed by atoms with Crippen molar-refractivity contribution >= 4 is 12.6 Å². The standard InChI is InChI=1S/C13H25NOS/c15-8-4-12-3-7-14(9-12)10-13(11-16)5-1-2-6-13/h12,15-16H,1-11H2. The van der Waals surface area contributed by atoms with Gasteiger partial charge >= 0.3 is 0 Å². The van der Waals surface area contributed by atoms with Crippen LogP contribution in [0.5, 0.6) is 0 Å². The van der Waals surface area contributed by atoms with E-state index in [0.717, 1.165) is 18.1 Å². The van der Waals surface area contributed by atoms with Gasteiger partial charge in [-0.15, -0.1) is 0 Å². The maximum Gasteiger partial charge on any atom is 0.0434 e. The molecule has 1 N–H and O–H groups in total.